The van der Waals surface area contributed by atoms with Crippen LogP contribution in [-0.4, -0.2) is 25.4 Å². The number of carbonyl (C=O) groups excluding carboxylic acids is 2. The van der Waals surface area contributed by atoms with Crippen molar-refractivity contribution in [3.8, 4) is 0 Å². The maximum atomic E-state index is 11.6. The lowest BCUT2D eigenvalue weighted by Gasteiger charge is -2.07. The average molecular weight is 261 g/mol. The molecule has 2 rings (SSSR count). The van der Waals surface area contributed by atoms with Crippen LogP contribution in [0.2, 0.25) is 0 Å². The highest BCUT2D eigenvalue weighted by Crippen LogP contribution is 2.23. The summed E-state index contributed by atoms with van der Waals surface area (Å²) in [4.78, 5) is 22.8. The van der Waals surface area contributed by atoms with Gasteiger partial charge in [-0.3, -0.25) is 9.59 Å². The summed E-state index contributed by atoms with van der Waals surface area (Å²) in [5, 5.41) is 8.69. The highest BCUT2D eigenvalue weighted by atomic mass is 16.2. The van der Waals surface area contributed by atoms with E-state index in [1.54, 1.807) is 0 Å². The molecule has 1 aromatic carbocycles. The summed E-state index contributed by atoms with van der Waals surface area (Å²) in [6.45, 7) is 1.36. The van der Waals surface area contributed by atoms with Crippen molar-refractivity contribution in [3.63, 3.8) is 0 Å². The summed E-state index contributed by atoms with van der Waals surface area (Å²) in [7, 11) is 1.87. The summed E-state index contributed by atoms with van der Waals surface area (Å²) < 4.78 is 0. The first-order chi connectivity index (χ1) is 9.19. The van der Waals surface area contributed by atoms with Crippen molar-refractivity contribution >= 4 is 17.5 Å². The smallest absolute Gasteiger partial charge is 0.228 e. The second-order valence-corrected chi connectivity index (χ2v) is 4.70. The minimum atomic E-state index is 0.0308. The lowest BCUT2D eigenvalue weighted by Crippen LogP contribution is -2.23. The lowest BCUT2D eigenvalue weighted by molar-refractivity contribution is -0.121. The number of benzene rings is 1. The fourth-order valence-corrected chi connectivity index (χ4v) is 2.11. The highest BCUT2D eigenvalue weighted by Gasteiger charge is 2.17. The van der Waals surface area contributed by atoms with Crippen LogP contribution in [0.25, 0.3) is 0 Å². The lowest BCUT2D eigenvalue weighted by atomic mass is 10.1. The fraction of sp³-hybridized carbons (Fsp3) is 0.429. The Balaban J connectivity index is 1.82. The molecule has 3 N–H and O–H groups in total. The van der Waals surface area contributed by atoms with Gasteiger partial charge in [-0.2, -0.15) is 0 Å². The van der Waals surface area contributed by atoms with E-state index in [0.29, 0.717) is 19.4 Å². The van der Waals surface area contributed by atoms with Gasteiger partial charge in [-0.25, -0.2) is 0 Å². The minimum absolute atomic E-state index is 0.0308. The van der Waals surface area contributed by atoms with Gasteiger partial charge in [0.1, 0.15) is 0 Å². The molecule has 1 aromatic rings. The molecule has 0 saturated carbocycles. The molecule has 1 heterocycles. The Morgan fingerprint density at radius 1 is 1.42 bits per heavy atom. The van der Waals surface area contributed by atoms with Crippen LogP contribution < -0.4 is 16.0 Å². The average Bonchev–Trinajstić information content (AvgIpc) is 2.76. The number of amides is 2. The van der Waals surface area contributed by atoms with E-state index in [9.17, 15) is 9.59 Å². The van der Waals surface area contributed by atoms with Crippen LogP contribution in [0.5, 0.6) is 0 Å². The Hall–Kier alpha value is -1.88. The van der Waals surface area contributed by atoms with E-state index < -0.39 is 0 Å². The van der Waals surface area contributed by atoms with Crippen molar-refractivity contribution in [1.29, 1.82) is 0 Å². The molecule has 0 unspecified atom stereocenters. The van der Waals surface area contributed by atoms with Gasteiger partial charge >= 0.3 is 0 Å². The van der Waals surface area contributed by atoms with Crippen molar-refractivity contribution in [1.82, 2.24) is 10.6 Å². The summed E-state index contributed by atoms with van der Waals surface area (Å²) in [5.41, 5.74) is 2.92. The first kappa shape index (κ1) is 13.5. The summed E-state index contributed by atoms with van der Waals surface area (Å²) in [5.74, 6) is 0.0909. The molecular weight excluding hydrogens is 242 g/mol. The van der Waals surface area contributed by atoms with Crippen LogP contribution in [0, 0.1) is 0 Å². The Kier molecular flexibility index (Phi) is 4.52. The van der Waals surface area contributed by atoms with Gasteiger partial charge in [-0.05, 0) is 37.2 Å². The largest absolute Gasteiger partial charge is 0.352 e. The fourth-order valence-electron chi connectivity index (χ4n) is 2.11. The Labute approximate surface area is 112 Å². The number of fused-ring (bicyclic) bond motifs is 1. The molecule has 0 spiro atoms. The monoisotopic (exact) mass is 261 g/mol. The van der Waals surface area contributed by atoms with Gasteiger partial charge in [-0.1, -0.05) is 12.1 Å². The molecule has 0 bridgehead atoms. The Morgan fingerprint density at radius 3 is 3.05 bits per heavy atom. The number of carbonyl (C=O) groups is 2. The summed E-state index contributed by atoms with van der Waals surface area (Å²) >= 11 is 0. The van der Waals surface area contributed by atoms with Crippen molar-refractivity contribution in [3.05, 3.63) is 29.3 Å². The van der Waals surface area contributed by atoms with Gasteiger partial charge in [0.15, 0.2) is 0 Å². The molecule has 0 fully saturated rings. The van der Waals surface area contributed by atoms with Gasteiger partial charge in [0.2, 0.25) is 11.8 Å². The Bertz CT molecular complexity index is 486. The molecule has 0 aromatic heterocycles. The van der Waals surface area contributed by atoms with Gasteiger partial charge in [0.25, 0.3) is 0 Å². The van der Waals surface area contributed by atoms with E-state index in [2.05, 4.69) is 16.0 Å². The summed E-state index contributed by atoms with van der Waals surface area (Å²) in [6, 6.07) is 5.79. The molecule has 0 aliphatic carbocycles. The molecule has 0 atom stereocenters. The number of hydrogen-bond donors (Lipinski definition) is 3. The topological polar surface area (TPSA) is 70.2 Å². The first-order valence-corrected chi connectivity index (χ1v) is 6.52. The van der Waals surface area contributed by atoms with Crippen LogP contribution in [0.1, 0.15) is 24.0 Å². The predicted octanol–water partition coefficient (Wildman–Crippen LogP) is 0.797. The summed E-state index contributed by atoms with van der Waals surface area (Å²) in [6.07, 6.45) is 1.80. The minimum Gasteiger partial charge on any atom is -0.352 e. The molecule has 5 heteroatoms. The molecule has 1 aliphatic rings. The number of anilines is 1. The number of rotatable bonds is 6. The van der Waals surface area contributed by atoms with E-state index in [4.69, 9.17) is 0 Å². The van der Waals surface area contributed by atoms with Gasteiger partial charge < -0.3 is 16.0 Å². The third-order valence-electron chi connectivity index (χ3n) is 3.12. The number of hydrogen-bond acceptors (Lipinski definition) is 3. The zero-order valence-electron chi connectivity index (χ0n) is 11.1. The third kappa shape index (κ3) is 3.79. The maximum absolute atomic E-state index is 11.6. The van der Waals surface area contributed by atoms with Crippen molar-refractivity contribution < 1.29 is 9.59 Å². The van der Waals surface area contributed by atoms with E-state index in [0.717, 1.165) is 29.8 Å². The molecule has 0 radical (unpaired) electrons. The van der Waals surface area contributed by atoms with E-state index >= 15 is 0 Å². The van der Waals surface area contributed by atoms with E-state index in [-0.39, 0.29) is 11.8 Å². The molecular formula is C14H19N3O2. The van der Waals surface area contributed by atoms with E-state index in [1.807, 2.05) is 25.2 Å². The van der Waals surface area contributed by atoms with Crippen LogP contribution in [0.3, 0.4) is 0 Å². The van der Waals surface area contributed by atoms with Crippen LogP contribution >= 0.6 is 0 Å². The van der Waals surface area contributed by atoms with Crippen molar-refractivity contribution in [2.45, 2.75) is 25.8 Å². The standard InChI is InChI=1S/C14H19N3O2/c1-15-6-2-3-13(18)16-9-10-4-5-12-11(7-10)8-14(19)17-12/h4-5,7,15H,2-3,6,8-9H2,1H3,(H,16,18)(H,17,19). The predicted molar refractivity (Wildman–Crippen MR) is 73.8 cm³/mol. The molecule has 2 amide bonds. The molecule has 102 valence electrons. The van der Waals surface area contributed by atoms with Crippen molar-refractivity contribution in [2.24, 2.45) is 0 Å². The highest BCUT2D eigenvalue weighted by molar-refractivity contribution is 5.99. The normalized spacial score (nSPS) is 13.0. The molecule has 1 aliphatic heterocycles. The van der Waals surface area contributed by atoms with Crippen LogP contribution in [-0.2, 0) is 22.6 Å². The molecule has 0 saturated heterocycles. The third-order valence-corrected chi connectivity index (χ3v) is 3.12. The van der Waals surface area contributed by atoms with Crippen LogP contribution in [0.15, 0.2) is 18.2 Å². The Morgan fingerprint density at radius 2 is 2.26 bits per heavy atom. The van der Waals surface area contributed by atoms with Gasteiger partial charge in [-0.15, -0.1) is 0 Å². The van der Waals surface area contributed by atoms with Crippen molar-refractivity contribution in [2.75, 3.05) is 18.9 Å². The number of nitrogens with one attached hydrogen (secondary N) is 3. The SMILES string of the molecule is CNCCCC(=O)NCc1ccc2c(c1)CC(=O)N2. The van der Waals surface area contributed by atoms with E-state index in [1.165, 1.54) is 0 Å². The molecule has 19 heavy (non-hydrogen) atoms. The van der Waals surface area contributed by atoms with Crippen LogP contribution in [0.4, 0.5) is 5.69 Å². The molecule has 5 nitrogen and oxygen atoms in total. The second-order valence-electron chi connectivity index (χ2n) is 4.70. The first-order valence-electron chi connectivity index (χ1n) is 6.52. The zero-order valence-corrected chi connectivity index (χ0v) is 11.1. The van der Waals surface area contributed by atoms with Gasteiger partial charge in [0.05, 0.1) is 6.42 Å². The maximum Gasteiger partial charge on any atom is 0.228 e. The van der Waals surface area contributed by atoms with Gasteiger partial charge in [0, 0.05) is 18.7 Å². The second kappa shape index (κ2) is 6.33. The quantitative estimate of drug-likeness (QED) is 0.663. The zero-order chi connectivity index (χ0) is 13.7.